The largest absolute Gasteiger partial charge is 0.455 e. The molecule has 2 aromatic carbocycles. The smallest absolute Gasteiger partial charge is 0.338 e. The predicted octanol–water partition coefficient (Wildman–Crippen LogP) is 4.37. The van der Waals surface area contributed by atoms with E-state index in [2.05, 4.69) is 15.1 Å². The number of aryl methyl sites for hydroxylation is 2. The Morgan fingerprint density at radius 3 is 2.32 bits per heavy atom. The summed E-state index contributed by atoms with van der Waals surface area (Å²) in [6, 6.07) is 16.3. The summed E-state index contributed by atoms with van der Waals surface area (Å²) in [6.07, 6.45) is 0. The van der Waals surface area contributed by atoms with Crippen LogP contribution in [-0.2, 0) is 11.3 Å². The standard InChI is InChI=1S/C21H17N3O4/c1-13-18(23-19(27-13)15-6-4-3-5-7-15)12-26-21(25)17-10-8-16(9-11-17)20-22-14(2)24-28-20/h3-11H,12H2,1-2H3. The van der Waals surface area contributed by atoms with E-state index in [1.165, 1.54) is 0 Å². The van der Waals surface area contributed by atoms with Crippen LogP contribution in [0.2, 0.25) is 0 Å². The van der Waals surface area contributed by atoms with Gasteiger partial charge in [0.25, 0.3) is 5.89 Å². The molecule has 0 bridgehead atoms. The molecule has 0 atom stereocenters. The van der Waals surface area contributed by atoms with Crippen LogP contribution < -0.4 is 0 Å². The molecular weight excluding hydrogens is 358 g/mol. The molecule has 0 aliphatic carbocycles. The monoisotopic (exact) mass is 375 g/mol. The molecule has 7 heteroatoms. The first-order valence-corrected chi connectivity index (χ1v) is 8.70. The van der Waals surface area contributed by atoms with Crippen LogP contribution in [-0.4, -0.2) is 21.1 Å². The van der Waals surface area contributed by atoms with Crippen molar-refractivity contribution in [2.45, 2.75) is 20.5 Å². The molecule has 7 nitrogen and oxygen atoms in total. The minimum atomic E-state index is -0.447. The van der Waals surface area contributed by atoms with Gasteiger partial charge in [-0.25, -0.2) is 9.78 Å². The molecule has 0 fully saturated rings. The SMILES string of the molecule is Cc1noc(-c2ccc(C(=O)OCc3nc(-c4ccccc4)oc3C)cc2)n1. The van der Waals surface area contributed by atoms with Gasteiger partial charge in [0.15, 0.2) is 5.82 Å². The number of ether oxygens (including phenoxy) is 1. The van der Waals surface area contributed by atoms with Gasteiger partial charge in [-0.3, -0.25) is 0 Å². The van der Waals surface area contributed by atoms with E-state index in [1.807, 2.05) is 30.3 Å². The van der Waals surface area contributed by atoms with Crippen LogP contribution in [0.3, 0.4) is 0 Å². The molecule has 2 aromatic heterocycles. The molecule has 0 saturated heterocycles. The first kappa shape index (κ1) is 17.7. The van der Waals surface area contributed by atoms with Gasteiger partial charge in [0.05, 0.1) is 5.56 Å². The molecule has 0 radical (unpaired) electrons. The predicted molar refractivity (Wildman–Crippen MR) is 100 cm³/mol. The maximum absolute atomic E-state index is 12.3. The van der Waals surface area contributed by atoms with Gasteiger partial charge in [0, 0.05) is 11.1 Å². The number of rotatable bonds is 5. The van der Waals surface area contributed by atoms with Crippen LogP contribution in [0.15, 0.2) is 63.5 Å². The van der Waals surface area contributed by atoms with Crippen molar-refractivity contribution in [3.63, 3.8) is 0 Å². The highest BCUT2D eigenvalue weighted by molar-refractivity contribution is 5.89. The zero-order valence-corrected chi connectivity index (χ0v) is 15.4. The molecule has 0 spiro atoms. The van der Waals surface area contributed by atoms with E-state index >= 15 is 0 Å². The molecular formula is C21H17N3O4. The lowest BCUT2D eigenvalue weighted by atomic mass is 10.1. The zero-order chi connectivity index (χ0) is 19.5. The van der Waals surface area contributed by atoms with Crippen molar-refractivity contribution < 1.29 is 18.5 Å². The van der Waals surface area contributed by atoms with Crippen LogP contribution in [0.4, 0.5) is 0 Å². The molecule has 4 aromatic rings. The molecule has 4 rings (SSSR count). The summed E-state index contributed by atoms with van der Waals surface area (Å²) < 4.78 is 16.2. The average Bonchev–Trinajstić information content (AvgIpc) is 3.32. The molecule has 0 aliphatic rings. The van der Waals surface area contributed by atoms with Crippen LogP contribution in [0, 0.1) is 13.8 Å². The van der Waals surface area contributed by atoms with Crippen molar-refractivity contribution in [2.24, 2.45) is 0 Å². The van der Waals surface area contributed by atoms with Crippen molar-refractivity contribution in [1.29, 1.82) is 0 Å². The van der Waals surface area contributed by atoms with E-state index < -0.39 is 5.97 Å². The first-order chi connectivity index (χ1) is 13.6. The maximum Gasteiger partial charge on any atom is 0.338 e. The molecule has 0 aliphatic heterocycles. The summed E-state index contributed by atoms with van der Waals surface area (Å²) in [4.78, 5) is 20.9. The summed E-state index contributed by atoms with van der Waals surface area (Å²) in [5, 5.41) is 3.75. The van der Waals surface area contributed by atoms with Crippen molar-refractivity contribution in [3.05, 3.63) is 77.4 Å². The van der Waals surface area contributed by atoms with Crippen LogP contribution >= 0.6 is 0 Å². The lowest BCUT2D eigenvalue weighted by Crippen LogP contribution is -2.06. The minimum absolute atomic E-state index is 0.0333. The Labute approximate surface area is 161 Å². The number of hydrogen-bond acceptors (Lipinski definition) is 7. The van der Waals surface area contributed by atoms with Crippen molar-refractivity contribution in [2.75, 3.05) is 0 Å². The number of nitrogens with zero attached hydrogens (tertiary/aromatic N) is 3. The molecule has 28 heavy (non-hydrogen) atoms. The van der Waals surface area contributed by atoms with Gasteiger partial charge in [0.1, 0.15) is 18.1 Å². The Morgan fingerprint density at radius 1 is 0.929 bits per heavy atom. The lowest BCUT2D eigenvalue weighted by molar-refractivity contribution is 0.0467. The summed E-state index contributed by atoms with van der Waals surface area (Å²) >= 11 is 0. The maximum atomic E-state index is 12.3. The van der Waals surface area contributed by atoms with Gasteiger partial charge in [-0.15, -0.1) is 0 Å². The number of aromatic nitrogens is 3. The molecule has 2 heterocycles. The normalized spacial score (nSPS) is 10.8. The number of hydrogen-bond donors (Lipinski definition) is 0. The number of carbonyl (C=O) groups excluding carboxylic acids is 1. The Morgan fingerprint density at radius 2 is 1.64 bits per heavy atom. The second-order valence-electron chi connectivity index (χ2n) is 6.19. The van der Waals surface area contributed by atoms with E-state index in [0.717, 1.165) is 11.1 Å². The van der Waals surface area contributed by atoms with E-state index in [9.17, 15) is 4.79 Å². The third-order valence-corrected chi connectivity index (χ3v) is 4.15. The summed E-state index contributed by atoms with van der Waals surface area (Å²) in [7, 11) is 0. The van der Waals surface area contributed by atoms with E-state index in [4.69, 9.17) is 13.7 Å². The molecule has 0 saturated carbocycles. The van der Waals surface area contributed by atoms with Gasteiger partial charge in [-0.05, 0) is 50.2 Å². The summed E-state index contributed by atoms with van der Waals surface area (Å²) in [5.74, 6) is 1.63. The van der Waals surface area contributed by atoms with E-state index in [1.54, 1.807) is 38.1 Å². The number of oxazole rings is 1. The van der Waals surface area contributed by atoms with Crippen molar-refractivity contribution in [3.8, 4) is 22.9 Å². The highest BCUT2D eigenvalue weighted by Crippen LogP contribution is 2.22. The van der Waals surface area contributed by atoms with E-state index in [0.29, 0.717) is 34.6 Å². The minimum Gasteiger partial charge on any atom is -0.455 e. The molecule has 0 unspecified atom stereocenters. The Balaban J connectivity index is 1.42. The Bertz CT molecular complexity index is 1100. The van der Waals surface area contributed by atoms with Gasteiger partial charge < -0.3 is 13.7 Å². The fourth-order valence-electron chi connectivity index (χ4n) is 2.65. The first-order valence-electron chi connectivity index (χ1n) is 8.70. The second-order valence-corrected chi connectivity index (χ2v) is 6.19. The summed E-state index contributed by atoms with van der Waals surface area (Å²) in [5.41, 5.74) is 2.61. The molecule has 140 valence electrons. The number of esters is 1. The molecule has 0 N–H and O–H groups in total. The second kappa shape index (κ2) is 7.48. The van der Waals surface area contributed by atoms with Crippen LogP contribution in [0.5, 0.6) is 0 Å². The van der Waals surface area contributed by atoms with Gasteiger partial charge in [-0.1, -0.05) is 23.4 Å². The third kappa shape index (κ3) is 3.68. The zero-order valence-electron chi connectivity index (χ0n) is 15.4. The van der Waals surface area contributed by atoms with Crippen LogP contribution in [0.1, 0.15) is 27.6 Å². The van der Waals surface area contributed by atoms with Crippen molar-refractivity contribution in [1.82, 2.24) is 15.1 Å². The Hall–Kier alpha value is -3.74. The topological polar surface area (TPSA) is 91.2 Å². The fourth-order valence-corrected chi connectivity index (χ4v) is 2.65. The highest BCUT2D eigenvalue weighted by atomic mass is 16.5. The van der Waals surface area contributed by atoms with E-state index in [-0.39, 0.29) is 6.61 Å². The number of benzene rings is 2. The summed E-state index contributed by atoms with van der Waals surface area (Å²) in [6.45, 7) is 3.57. The third-order valence-electron chi connectivity index (χ3n) is 4.15. The van der Waals surface area contributed by atoms with Gasteiger partial charge in [-0.2, -0.15) is 4.98 Å². The van der Waals surface area contributed by atoms with Gasteiger partial charge >= 0.3 is 5.97 Å². The number of carbonyl (C=O) groups is 1. The van der Waals surface area contributed by atoms with Crippen molar-refractivity contribution >= 4 is 5.97 Å². The quantitative estimate of drug-likeness (QED) is 0.478. The molecule has 0 amide bonds. The van der Waals surface area contributed by atoms with Crippen LogP contribution in [0.25, 0.3) is 22.9 Å². The average molecular weight is 375 g/mol. The Kier molecular flexibility index (Phi) is 4.72. The lowest BCUT2D eigenvalue weighted by Gasteiger charge is -2.03. The highest BCUT2D eigenvalue weighted by Gasteiger charge is 2.15. The van der Waals surface area contributed by atoms with Gasteiger partial charge in [0.2, 0.25) is 5.89 Å². The fraction of sp³-hybridized carbons (Fsp3) is 0.143.